The maximum Gasteiger partial charge on any atom is 0.387 e. The Balaban J connectivity index is 2.28. The fourth-order valence-electron chi connectivity index (χ4n) is 2.36. The quantitative estimate of drug-likeness (QED) is 0.600. The van der Waals surface area contributed by atoms with Crippen molar-refractivity contribution in [3.8, 4) is 17.6 Å². The molecule has 0 saturated carbocycles. The number of alkyl halides is 2. The van der Waals surface area contributed by atoms with Gasteiger partial charge in [0.2, 0.25) is 0 Å². The molecule has 0 spiro atoms. The number of halogens is 2. The van der Waals surface area contributed by atoms with Crippen LogP contribution in [0.4, 0.5) is 14.5 Å². The van der Waals surface area contributed by atoms with Gasteiger partial charge in [-0.25, -0.2) is 0 Å². The van der Waals surface area contributed by atoms with Gasteiger partial charge in [-0.05, 0) is 54.8 Å². The minimum absolute atomic E-state index is 0.0660. The number of benzene rings is 2. The van der Waals surface area contributed by atoms with Gasteiger partial charge >= 0.3 is 6.61 Å². The van der Waals surface area contributed by atoms with E-state index in [1.807, 2.05) is 26.0 Å². The second-order valence-electron chi connectivity index (χ2n) is 5.66. The molecule has 5 nitrogen and oxygen atoms in total. The number of rotatable bonds is 6. The van der Waals surface area contributed by atoms with Crippen LogP contribution in [0.2, 0.25) is 0 Å². The van der Waals surface area contributed by atoms with Gasteiger partial charge in [-0.3, -0.25) is 4.79 Å². The Bertz CT molecular complexity index is 918. The zero-order chi connectivity index (χ0) is 20.0. The highest BCUT2D eigenvalue weighted by Gasteiger charge is 2.14. The van der Waals surface area contributed by atoms with Gasteiger partial charge in [-0.2, -0.15) is 14.0 Å². The van der Waals surface area contributed by atoms with Crippen molar-refractivity contribution in [3.63, 3.8) is 0 Å². The van der Waals surface area contributed by atoms with E-state index in [2.05, 4.69) is 10.1 Å². The molecule has 0 aliphatic carbocycles. The standard InChI is InChI=1S/C20H18F2N2O3/c1-12-5-4-6-16(13(12)2)24-19(25)15(11-23)9-14-7-8-17(27-20(21)22)18(10-14)26-3/h4-10,20H,1-3H3,(H,24,25)/b15-9+. The predicted molar refractivity (Wildman–Crippen MR) is 97.8 cm³/mol. The Labute approximate surface area is 155 Å². The molecule has 140 valence electrons. The minimum atomic E-state index is -2.99. The summed E-state index contributed by atoms with van der Waals surface area (Å²) in [5.41, 5.74) is 2.81. The fourth-order valence-corrected chi connectivity index (χ4v) is 2.36. The maximum absolute atomic E-state index is 12.4. The number of nitrogens with zero attached hydrogens (tertiary/aromatic N) is 1. The van der Waals surface area contributed by atoms with Gasteiger partial charge in [-0.15, -0.1) is 0 Å². The Morgan fingerprint density at radius 3 is 2.59 bits per heavy atom. The first kappa shape index (κ1) is 19.9. The van der Waals surface area contributed by atoms with Crippen LogP contribution >= 0.6 is 0 Å². The van der Waals surface area contributed by atoms with E-state index in [-0.39, 0.29) is 17.1 Å². The lowest BCUT2D eigenvalue weighted by Gasteiger charge is -2.11. The van der Waals surface area contributed by atoms with E-state index in [1.165, 1.54) is 31.4 Å². The van der Waals surface area contributed by atoms with Crippen molar-refractivity contribution >= 4 is 17.7 Å². The number of ether oxygens (including phenoxy) is 2. The molecular weight excluding hydrogens is 354 g/mol. The highest BCUT2D eigenvalue weighted by Crippen LogP contribution is 2.30. The Morgan fingerprint density at radius 2 is 1.96 bits per heavy atom. The van der Waals surface area contributed by atoms with Crippen molar-refractivity contribution in [1.82, 2.24) is 0 Å². The van der Waals surface area contributed by atoms with E-state index >= 15 is 0 Å². The van der Waals surface area contributed by atoms with Gasteiger partial charge < -0.3 is 14.8 Å². The first-order chi connectivity index (χ1) is 12.8. The number of methoxy groups -OCH3 is 1. The summed E-state index contributed by atoms with van der Waals surface area (Å²) in [7, 11) is 1.31. The summed E-state index contributed by atoms with van der Waals surface area (Å²) in [6.45, 7) is 0.799. The molecule has 0 aromatic heterocycles. The summed E-state index contributed by atoms with van der Waals surface area (Å²) in [5, 5.41) is 12.0. The molecule has 2 rings (SSSR count). The van der Waals surface area contributed by atoms with Crippen molar-refractivity contribution in [2.24, 2.45) is 0 Å². The van der Waals surface area contributed by atoms with Crippen LogP contribution in [-0.2, 0) is 4.79 Å². The summed E-state index contributed by atoms with van der Waals surface area (Å²) >= 11 is 0. The van der Waals surface area contributed by atoms with Gasteiger partial charge in [-0.1, -0.05) is 18.2 Å². The Kier molecular flexibility index (Phi) is 6.50. The van der Waals surface area contributed by atoms with E-state index < -0.39 is 12.5 Å². The number of carbonyl (C=O) groups excluding carboxylic acids is 1. The number of hydrogen-bond donors (Lipinski definition) is 1. The van der Waals surface area contributed by atoms with Crippen LogP contribution in [0.1, 0.15) is 16.7 Å². The van der Waals surface area contributed by atoms with Gasteiger partial charge in [0, 0.05) is 5.69 Å². The van der Waals surface area contributed by atoms with Gasteiger partial charge in [0.05, 0.1) is 7.11 Å². The van der Waals surface area contributed by atoms with E-state index in [0.29, 0.717) is 11.3 Å². The second-order valence-corrected chi connectivity index (χ2v) is 5.66. The molecule has 0 radical (unpaired) electrons. The van der Waals surface area contributed by atoms with Crippen LogP contribution < -0.4 is 14.8 Å². The zero-order valence-corrected chi connectivity index (χ0v) is 15.0. The first-order valence-electron chi connectivity index (χ1n) is 7.98. The molecule has 2 aromatic rings. The number of nitrogens with one attached hydrogen (secondary N) is 1. The summed E-state index contributed by atoms with van der Waals surface area (Å²) < 4.78 is 34.1. The molecule has 0 heterocycles. The highest BCUT2D eigenvalue weighted by molar-refractivity contribution is 6.10. The molecule has 0 saturated heterocycles. The first-order valence-corrected chi connectivity index (χ1v) is 7.98. The van der Waals surface area contributed by atoms with Crippen molar-refractivity contribution in [2.45, 2.75) is 20.5 Å². The zero-order valence-electron chi connectivity index (χ0n) is 15.0. The van der Waals surface area contributed by atoms with Crippen molar-refractivity contribution in [2.75, 3.05) is 12.4 Å². The van der Waals surface area contributed by atoms with Crippen molar-refractivity contribution in [3.05, 3.63) is 58.7 Å². The Morgan fingerprint density at radius 1 is 1.22 bits per heavy atom. The number of carbonyl (C=O) groups is 1. The van der Waals surface area contributed by atoms with Crippen LogP contribution in [0.25, 0.3) is 6.08 Å². The van der Waals surface area contributed by atoms with Crippen LogP contribution in [0.5, 0.6) is 11.5 Å². The third-order valence-corrected chi connectivity index (χ3v) is 3.93. The highest BCUT2D eigenvalue weighted by atomic mass is 19.3. The number of nitriles is 1. The SMILES string of the molecule is COc1cc(/C=C(\C#N)C(=O)Nc2cccc(C)c2C)ccc1OC(F)F. The number of amides is 1. The molecule has 1 N–H and O–H groups in total. The van der Waals surface area contributed by atoms with Crippen LogP contribution in [0.15, 0.2) is 42.0 Å². The van der Waals surface area contributed by atoms with E-state index in [4.69, 9.17) is 4.74 Å². The van der Waals surface area contributed by atoms with E-state index in [9.17, 15) is 18.8 Å². The van der Waals surface area contributed by atoms with Crippen LogP contribution in [0, 0.1) is 25.2 Å². The van der Waals surface area contributed by atoms with Crippen LogP contribution in [-0.4, -0.2) is 19.6 Å². The maximum atomic E-state index is 12.4. The summed E-state index contributed by atoms with van der Waals surface area (Å²) in [4.78, 5) is 12.4. The van der Waals surface area contributed by atoms with Crippen molar-refractivity contribution < 1.29 is 23.0 Å². The predicted octanol–water partition coefficient (Wildman–Crippen LogP) is 4.46. The molecule has 7 heteroatoms. The minimum Gasteiger partial charge on any atom is -0.493 e. The van der Waals surface area contributed by atoms with E-state index in [1.54, 1.807) is 12.1 Å². The topological polar surface area (TPSA) is 71.3 Å². The largest absolute Gasteiger partial charge is 0.493 e. The van der Waals surface area contributed by atoms with Crippen LogP contribution in [0.3, 0.4) is 0 Å². The lowest BCUT2D eigenvalue weighted by atomic mass is 10.1. The molecular formula is C20H18F2N2O3. The molecule has 27 heavy (non-hydrogen) atoms. The van der Waals surface area contributed by atoms with Gasteiger partial charge in [0.1, 0.15) is 11.6 Å². The molecule has 0 fully saturated rings. The normalized spacial score (nSPS) is 11.1. The average molecular weight is 372 g/mol. The lowest BCUT2D eigenvalue weighted by molar-refractivity contribution is -0.112. The number of anilines is 1. The molecule has 2 aromatic carbocycles. The summed E-state index contributed by atoms with van der Waals surface area (Å²) in [5.74, 6) is -0.641. The molecule has 0 aliphatic heterocycles. The summed E-state index contributed by atoms with van der Waals surface area (Å²) in [6, 6.07) is 11.5. The lowest BCUT2D eigenvalue weighted by Crippen LogP contribution is -2.14. The third-order valence-electron chi connectivity index (χ3n) is 3.93. The van der Waals surface area contributed by atoms with Gasteiger partial charge in [0.15, 0.2) is 11.5 Å². The smallest absolute Gasteiger partial charge is 0.387 e. The molecule has 0 aliphatic rings. The monoisotopic (exact) mass is 372 g/mol. The molecule has 0 unspecified atom stereocenters. The number of hydrogen-bond acceptors (Lipinski definition) is 4. The van der Waals surface area contributed by atoms with Gasteiger partial charge in [0.25, 0.3) is 5.91 Å². The fraction of sp³-hybridized carbons (Fsp3) is 0.200. The number of aryl methyl sites for hydroxylation is 1. The third kappa shape index (κ3) is 5.05. The summed E-state index contributed by atoms with van der Waals surface area (Å²) in [6.07, 6.45) is 1.34. The van der Waals surface area contributed by atoms with Crippen molar-refractivity contribution in [1.29, 1.82) is 5.26 Å². The molecule has 0 atom stereocenters. The Hall–Kier alpha value is -3.40. The molecule has 0 bridgehead atoms. The van der Waals surface area contributed by atoms with E-state index in [0.717, 1.165) is 11.1 Å². The molecule has 1 amide bonds. The second kappa shape index (κ2) is 8.81. The average Bonchev–Trinajstić information content (AvgIpc) is 2.63.